The highest BCUT2D eigenvalue weighted by atomic mass is 35.5. The smallest absolute Gasteiger partial charge is 0.323 e. The molecule has 0 aliphatic carbocycles. The zero-order valence-electron chi connectivity index (χ0n) is 20.1. The van der Waals surface area contributed by atoms with Crippen molar-refractivity contribution in [2.45, 2.75) is 6.92 Å². The molecule has 0 aromatic heterocycles. The molecule has 0 aliphatic rings. The maximum absolute atomic E-state index is 13.2. The lowest BCUT2D eigenvalue weighted by Gasteiger charge is -2.22. The third kappa shape index (κ3) is 6.05. The SMILES string of the molecule is COc1ccc(Oc2c(Cl)cc(N(CC(=O)O)C(=O)c3ccc(C)cc3)cc2Cl)cc1-c1ccccc1. The van der Waals surface area contributed by atoms with Crippen LogP contribution in [0.2, 0.25) is 10.0 Å². The van der Waals surface area contributed by atoms with Crippen LogP contribution >= 0.6 is 23.2 Å². The van der Waals surface area contributed by atoms with E-state index >= 15 is 0 Å². The number of amides is 1. The number of carboxylic acid groups (broad SMARTS) is 1. The molecule has 0 fully saturated rings. The number of aliphatic carboxylic acids is 1. The van der Waals surface area contributed by atoms with Crippen molar-refractivity contribution in [3.8, 4) is 28.4 Å². The van der Waals surface area contributed by atoms with Crippen molar-refractivity contribution in [1.29, 1.82) is 0 Å². The molecule has 0 atom stereocenters. The monoisotopic (exact) mass is 535 g/mol. The average Bonchev–Trinajstić information content (AvgIpc) is 2.89. The fourth-order valence-corrected chi connectivity index (χ4v) is 4.33. The fourth-order valence-electron chi connectivity index (χ4n) is 3.78. The molecular weight excluding hydrogens is 513 g/mol. The van der Waals surface area contributed by atoms with Crippen LogP contribution in [-0.2, 0) is 4.79 Å². The Balaban J connectivity index is 1.67. The summed E-state index contributed by atoms with van der Waals surface area (Å²) >= 11 is 13.1. The first-order valence-corrected chi connectivity index (χ1v) is 12.0. The lowest BCUT2D eigenvalue weighted by molar-refractivity contribution is -0.135. The first-order valence-electron chi connectivity index (χ1n) is 11.3. The van der Waals surface area contributed by atoms with Gasteiger partial charge in [-0.2, -0.15) is 0 Å². The number of anilines is 1. The second-order valence-electron chi connectivity index (χ2n) is 8.22. The molecule has 8 heteroatoms. The van der Waals surface area contributed by atoms with Gasteiger partial charge in [0.15, 0.2) is 5.75 Å². The van der Waals surface area contributed by atoms with Gasteiger partial charge in [-0.25, -0.2) is 0 Å². The molecule has 0 heterocycles. The Bertz CT molecular complexity index is 1420. The molecule has 0 bridgehead atoms. The molecule has 1 amide bonds. The minimum atomic E-state index is -1.18. The number of carboxylic acids is 1. The standard InChI is InChI=1S/C29H23Cl2NO5/c1-18-8-10-20(11-9-18)29(35)32(17-27(33)34)21-14-24(30)28(25(31)15-21)37-22-12-13-26(36-2)23(16-22)19-6-4-3-5-7-19/h3-16H,17H2,1-2H3,(H,33,34). The van der Waals surface area contributed by atoms with Crippen LogP contribution in [0.1, 0.15) is 15.9 Å². The number of hydrogen-bond acceptors (Lipinski definition) is 4. The summed E-state index contributed by atoms with van der Waals surface area (Å²) in [6, 6.07) is 24.8. The molecule has 0 aliphatic heterocycles. The second kappa shape index (κ2) is 11.4. The van der Waals surface area contributed by atoms with Crippen molar-refractivity contribution >= 4 is 40.8 Å². The van der Waals surface area contributed by atoms with E-state index in [1.807, 2.05) is 43.3 Å². The molecule has 188 valence electrons. The molecule has 4 aromatic rings. The van der Waals surface area contributed by atoms with Gasteiger partial charge in [0.25, 0.3) is 5.91 Å². The number of aryl methyl sites for hydroxylation is 1. The van der Waals surface area contributed by atoms with Crippen LogP contribution in [-0.4, -0.2) is 30.6 Å². The summed E-state index contributed by atoms with van der Waals surface area (Å²) in [5, 5.41) is 9.68. The molecule has 4 aromatic carbocycles. The second-order valence-corrected chi connectivity index (χ2v) is 9.03. The maximum Gasteiger partial charge on any atom is 0.323 e. The Kier molecular flexibility index (Phi) is 8.01. The maximum atomic E-state index is 13.2. The Morgan fingerprint density at radius 1 is 0.892 bits per heavy atom. The number of nitrogens with zero attached hydrogens (tertiary/aromatic N) is 1. The number of carbonyl (C=O) groups is 2. The molecule has 0 radical (unpaired) electrons. The molecular formula is C29H23Cl2NO5. The Labute approximate surface area is 224 Å². The van der Waals surface area contributed by atoms with Crippen LogP contribution in [0.15, 0.2) is 84.9 Å². The lowest BCUT2D eigenvalue weighted by atomic mass is 10.0. The van der Waals surface area contributed by atoms with E-state index in [2.05, 4.69) is 0 Å². The predicted octanol–water partition coefficient (Wildman–Crippen LogP) is 7.50. The van der Waals surface area contributed by atoms with Crippen LogP contribution in [0.5, 0.6) is 17.2 Å². The van der Waals surface area contributed by atoms with E-state index in [-0.39, 0.29) is 21.5 Å². The number of benzene rings is 4. The minimum Gasteiger partial charge on any atom is -0.496 e. The predicted molar refractivity (Wildman–Crippen MR) is 145 cm³/mol. The summed E-state index contributed by atoms with van der Waals surface area (Å²) in [5.74, 6) is -0.362. The van der Waals surface area contributed by atoms with Gasteiger partial charge in [0.05, 0.1) is 17.2 Å². The molecule has 4 rings (SSSR count). The van der Waals surface area contributed by atoms with Crippen LogP contribution in [0.4, 0.5) is 5.69 Å². The lowest BCUT2D eigenvalue weighted by Crippen LogP contribution is -2.35. The van der Waals surface area contributed by atoms with Crippen molar-refractivity contribution in [3.05, 3.63) is 106 Å². The Morgan fingerprint density at radius 2 is 1.54 bits per heavy atom. The molecule has 0 saturated heterocycles. The zero-order chi connectivity index (χ0) is 26.5. The van der Waals surface area contributed by atoms with Crippen LogP contribution in [0, 0.1) is 6.92 Å². The van der Waals surface area contributed by atoms with Crippen molar-refractivity contribution in [2.75, 3.05) is 18.6 Å². The summed E-state index contributed by atoms with van der Waals surface area (Å²) < 4.78 is 11.5. The highest BCUT2D eigenvalue weighted by Gasteiger charge is 2.23. The van der Waals surface area contributed by atoms with Gasteiger partial charge in [-0.05, 0) is 55.0 Å². The third-order valence-corrected chi connectivity index (χ3v) is 6.17. The van der Waals surface area contributed by atoms with Gasteiger partial charge in [-0.3, -0.25) is 14.5 Å². The number of ether oxygens (including phenoxy) is 2. The fraction of sp³-hybridized carbons (Fsp3) is 0.103. The molecule has 0 spiro atoms. The van der Waals surface area contributed by atoms with E-state index in [0.29, 0.717) is 17.1 Å². The Hall–Kier alpha value is -4.00. The largest absolute Gasteiger partial charge is 0.496 e. The first-order chi connectivity index (χ1) is 17.8. The van der Waals surface area contributed by atoms with Gasteiger partial charge in [0.2, 0.25) is 0 Å². The van der Waals surface area contributed by atoms with Gasteiger partial charge in [-0.1, -0.05) is 71.2 Å². The van der Waals surface area contributed by atoms with Gasteiger partial charge in [-0.15, -0.1) is 0 Å². The van der Waals surface area contributed by atoms with E-state index in [1.165, 1.54) is 12.1 Å². The third-order valence-electron chi connectivity index (χ3n) is 5.61. The van der Waals surface area contributed by atoms with E-state index in [9.17, 15) is 14.7 Å². The van der Waals surface area contributed by atoms with Crippen LogP contribution in [0.3, 0.4) is 0 Å². The zero-order valence-corrected chi connectivity index (χ0v) is 21.6. The van der Waals surface area contributed by atoms with E-state index in [0.717, 1.165) is 21.6 Å². The molecule has 0 saturated carbocycles. The average molecular weight is 536 g/mol. The van der Waals surface area contributed by atoms with Gasteiger partial charge in [0.1, 0.15) is 18.0 Å². The van der Waals surface area contributed by atoms with Crippen LogP contribution < -0.4 is 14.4 Å². The molecule has 6 nitrogen and oxygen atoms in total. The van der Waals surface area contributed by atoms with E-state index in [1.54, 1.807) is 43.5 Å². The van der Waals surface area contributed by atoms with E-state index in [4.69, 9.17) is 32.7 Å². The summed E-state index contributed by atoms with van der Waals surface area (Å²) in [6.07, 6.45) is 0. The van der Waals surface area contributed by atoms with Crippen molar-refractivity contribution in [2.24, 2.45) is 0 Å². The normalized spacial score (nSPS) is 10.6. The summed E-state index contributed by atoms with van der Waals surface area (Å²) in [7, 11) is 1.59. The topological polar surface area (TPSA) is 76.1 Å². The molecule has 1 N–H and O–H groups in total. The van der Waals surface area contributed by atoms with Crippen LogP contribution in [0.25, 0.3) is 11.1 Å². The molecule has 0 unspecified atom stereocenters. The number of hydrogen-bond donors (Lipinski definition) is 1. The van der Waals surface area contributed by atoms with Gasteiger partial charge < -0.3 is 14.6 Å². The first kappa shape index (κ1) is 26.1. The van der Waals surface area contributed by atoms with E-state index < -0.39 is 18.4 Å². The van der Waals surface area contributed by atoms with Gasteiger partial charge in [0, 0.05) is 16.8 Å². The van der Waals surface area contributed by atoms with Crippen molar-refractivity contribution in [3.63, 3.8) is 0 Å². The molecule has 37 heavy (non-hydrogen) atoms. The number of carbonyl (C=O) groups excluding carboxylic acids is 1. The number of rotatable bonds is 8. The highest BCUT2D eigenvalue weighted by molar-refractivity contribution is 6.37. The number of methoxy groups -OCH3 is 1. The van der Waals surface area contributed by atoms with Crippen molar-refractivity contribution < 1.29 is 24.2 Å². The summed E-state index contributed by atoms with van der Waals surface area (Å²) in [4.78, 5) is 25.8. The summed E-state index contributed by atoms with van der Waals surface area (Å²) in [5.41, 5.74) is 3.31. The highest BCUT2D eigenvalue weighted by Crippen LogP contribution is 2.42. The van der Waals surface area contributed by atoms with Gasteiger partial charge >= 0.3 is 5.97 Å². The summed E-state index contributed by atoms with van der Waals surface area (Å²) in [6.45, 7) is 1.33. The Morgan fingerprint density at radius 3 is 2.14 bits per heavy atom. The number of halogens is 2. The quantitative estimate of drug-likeness (QED) is 0.252. The minimum absolute atomic E-state index is 0.117. The van der Waals surface area contributed by atoms with Crippen molar-refractivity contribution in [1.82, 2.24) is 0 Å².